The van der Waals surface area contributed by atoms with Crippen LogP contribution in [0.25, 0.3) is 0 Å². The minimum absolute atomic E-state index is 0.146. The summed E-state index contributed by atoms with van der Waals surface area (Å²) in [7, 11) is 0. The molecule has 0 atom stereocenters. The van der Waals surface area contributed by atoms with Gasteiger partial charge in [-0.05, 0) is 23.9 Å². The lowest BCUT2D eigenvalue weighted by molar-refractivity contribution is 0.294. The van der Waals surface area contributed by atoms with Gasteiger partial charge in [-0.15, -0.1) is 0 Å². The molecule has 18 heavy (non-hydrogen) atoms. The topological polar surface area (TPSA) is 34.1 Å². The van der Waals surface area contributed by atoms with Gasteiger partial charge in [-0.2, -0.15) is 0 Å². The van der Waals surface area contributed by atoms with Crippen molar-refractivity contribution in [2.45, 2.75) is 52.5 Å². The molecule has 0 saturated carbocycles. The van der Waals surface area contributed by atoms with Crippen molar-refractivity contribution < 1.29 is 4.74 Å². The Labute approximate surface area is 111 Å². The molecule has 102 valence electrons. The van der Waals surface area contributed by atoms with Crippen LogP contribution >= 0.6 is 0 Å². The summed E-state index contributed by atoms with van der Waals surface area (Å²) in [6, 6.07) is 4.58. The van der Waals surface area contributed by atoms with Gasteiger partial charge in [-0.1, -0.05) is 40.7 Å². The van der Waals surface area contributed by atoms with Crippen LogP contribution < -0.4 is 10.1 Å². The summed E-state index contributed by atoms with van der Waals surface area (Å²) in [5.74, 6) is 0.715. The number of nitrogens with one attached hydrogen (secondary N) is 1. The number of hydrogen-bond acceptors (Lipinski definition) is 3. The number of ether oxygens (including phenoxy) is 1. The van der Waals surface area contributed by atoms with Crippen molar-refractivity contribution in [3.8, 4) is 5.88 Å². The molecule has 0 aliphatic carbocycles. The highest BCUT2D eigenvalue weighted by atomic mass is 16.5. The maximum atomic E-state index is 5.60. The third-order valence-electron chi connectivity index (χ3n) is 2.73. The number of hydrogen-bond donors (Lipinski definition) is 1. The summed E-state index contributed by atoms with van der Waals surface area (Å²) in [5, 5.41) is 3.36. The van der Waals surface area contributed by atoms with Gasteiger partial charge >= 0.3 is 0 Å². The first-order chi connectivity index (χ1) is 8.39. The average molecular weight is 250 g/mol. The Bertz CT molecular complexity index is 339. The maximum absolute atomic E-state index is 5.60. The Morgan fingerprint density at radius 1 is 1.28 bits per heavy atom. The van der Waals surface area contributed by atoms with Crippen molar-refractivity contribution in [2.75, 3.05) is 13.2 Å². The highest BCUT2D eigenvalue weighted by Gasteiger charge is 2.13. The summed E-state index contributed by atoms with van der Waals surface area (Å²) < 4.78 is 5.60. The van der Waals surface area contributed by atoms with E-state index in [-0.39, 0.29) is 5.41 Å². The zero-order valence-corrected chi connectivity index (χ0v) is 12.3. The van der Waals surface area contributed by atoms with E-state index in [1.807, 2.05) is 12.3 Å². The lowest BCUT2D eigenvalue weighted by Crippen LogP contribution is -2.24. The molecule has 0 spiro atoms. The number of nitrogens with zero attached hydrogens (tertiary/aromatic N) is 1. The van der Waals surface area contributed by atoms with Crippen LogP contribution in [0.5, 0.6) is 5.88 Å². The minimum Gasteiger partial charge on any atom is -0.478 e. The molecule has 0 unspecified atom stereocenters. The molecule has 1 rings (SSSR count). The molecule has 0 radical (unpaired) electrons. The summed E-state index contributed by atoms with van der Waals surface area (Å²) in [6.45, 7) is 12.5. The van der Waals surface area contributed by atoms with Crippen molar-refractivity contribution in [3.63, 3.8) is 0 Å². The minimum atomic E-state index is 0.146. The Morgan fingerprint density at radius 2 is 2.00 bits per heavy atom. The second-order valence-corrected chi connectivity index (χ2v) is 5.95. The van der Waals surface area contributed by atoms with Crippen LogP contribution in [0, 0.1) is 0 Å². The van der Waals surface area contributed by atoms with E-state index in [1.54, 1.807) is 0 Å². The van der Waals surface area contributed by atoms with Gasteiger partial charge in [-0.3, -0.25) is 0 Å². The predicted octanol–water partition coefficient (Wildman–Crippen LogP) is 3.15. The molecule has 1 heterocycles. The van der Waals surface area contributed by atoms with Gasteiger partial charge in [-0.25, -0.2) is 4.98 Å². The molecule has 0 amide bonds. The van der Waals surface area contributed by atoms with E-state index in [0.29, 0.717) is 18.5 Å². The molecule has 1 aromatic heterocycles. The van der Waals surface area contributed by atoms with Gasteiger partial charge in [0, 0.05) is 18.3 Å². The lowest BCUT2D eigenvalue weighted by Gasteiger charge is -2.18. The van der Waals surface area contributed by atoms with E-state index >= 15 is 0 Å². The summed E-state index contributed by atoms with van der Waals surface area (Å²) in [6.07, 6.45) is 2.91. The highest BCUT2D eigenvalue weighted by molar-refractivity contribution is 5.23. The monoisotopic (exact) mass is 250 g/mol. The van der Waals surface area contributed by atoms with Gasteiger partial charge in [0.1, 0.15) is 0 Å². The Morgan fingerprint density at radius 3 is 2.50 bits per heavy atom. The van der Waals surface area contributed by atoms with E-state index in [0.717, 1.165) is 13.0 Å². The zero-order valence-electron chi connectivity index (χ0n) is 12.3. The summed E-state index contributed by atoms with van der Waals surface area (Å²) in [5.41, 5.74) is 1.38. The molecule has 0 aliphatic rings. The van der Waals surface area contributed by atoms with Crippen LogP contribution in [-0.2, 0) is 5.41 Å². The van der Waals surface area contributed by atoms with E-state index in [9.17, 15) is 0 Å². The third-order valence-corrected chi connectivity index (χ3v) is 2.73. The lowest BCUT2D eigenvalue weighted by atomic mass is 9.88. The molecule has 0 fully saturated rings. The average Bonchev–Trinajstić information content (AvgIpc) is 2.27. The van der Waals surface area contributed by atoms with E-state index < -0.39 is 0 Å². The van der Waals surface area contributed by atoms with Crippen molar-refractivity contribution in [1.82, 2.24) is 10.3 Å². The quantitative estimate of drug-likeness (QED) is 0.788. The summed E-state index contributed by atoms with van der Waals surface area (Å²) >= 11 is 0. The molecule has 0 saturated heterocycles. The molecule has 1 N–H and O–H groups in total. The van der Waals surface area contributed by atoms with Crippen molar-refractivity contribution in [1.29, 1.82) is 0 Å². The Kier molecular flexibility index (Phi) is 5.60. The molecule has 0 aliphatic heterocycles. The van der Waals surface area contributed by atoms with Gasteiger partial charge in [0.2, 0.25) is 5.88 Å². The van der Waals surface area contributed by atoms with Crippen LogP contribution in [0.4, 0.5) is 0 Å². The van der Waals surface area contributed by atoms with Crippen molar-refractivity contribution in [3.05, 3.63) is 23.9 Å². The smallest absolute Gasteiger partial charge is 0.213 e. The third kappa shape index (κ3) is 5.50. The van der Waals surface area contributed by atoms with Crippen LogP contribution in [0.3, 0.4) is 0 Å². The highest BCUT2D eigenvalue weighted by Crippen LogP contribution is 2.22. The maximum Gasteiger partial charge on any atom is 0.213 e. The molecule has 0 bridgehead atoms. The first-order valence-electron chi connectivity index (χ1n) is 6.72. The van der Waals surface area contributed by atoms with Crippen molar-refractivity contribution >= 4 is 0 Å². The number of aromatic nitrogens is 1. The van der Waals surface area contributed by atoms with E-state index in [2.05, 4.69) is 51.0 Å². The van der Waals surface area contributed by atoms with Gasteiger partial charge in [0.25, 0.3) is 0 Å². The van der Waals surface area contributed by atoms with Gasteiger partial charge in [0.15, 0.2) is 0 Å². The Hall–Kier alpha value is -1.09. The fourth-order valence-corrected chi connectivity index (χ4v) is 1.55. The van der Waals surface area contributed by atoms with Crippen LogP contribution in [0.2, 0.25) is 0 Å². The standard InChI is InChI=1S/C15H26N2O/c1-12(2)16-9-6-10-18-14-8-7-13(11-17-14)15(3,4)5/h7-8,11-12,16H,6,9-10H2,1-5H3. The molecule has 1 aromatic rings. The first kappa shape index (κ1) is 15.0. The number of rotatable bonds is 6. The second-order valence-electron chi connectivity index (χ2n) is 5.95. The fraction of sp³-hybridized carbons (Fsp3) is 0.667. The SMILES string of the molecule is CC(C)NCCCOc1ccc(C(C)(C)C)cn1. The molecule has 3 nitrogen and oxygen atoms in total. The van der Waals surface area contributed by atoms with Crippen LogP contribution in [0.1, 0.15) is 46.6 Å². The number of pyridine rings is 1. The fourth-order valence-electron chi connectivity index (χ4n) is 1.55. The molecular formula is C15H26N2O. The molecule has 3 heteroatoms. The largest absolute Gasteiger partial charge is 0.478 e. The zero-order chi connectivity index (χ0) is 13.6. The van der Waals surface area contributed by atoms with Crippen LogP contribution in [0.15, 0.2) is 18.3 Å². The second kappa shape index (κ2) is 6.74. The normalized spacial score (nSPS) is 11.9. The summed E-state index contributed by atoms with van der Waals surface area (Å²) in [4.78, 5) is 4.34. The van der Waals surface area contributed by atoms with Gasteiger partial charge < -0.3 is 10.1 Å². The predicted molar refractivity (Wildman–Crippen MR) is 76.2 cm³/mol. The van der Waals surface area contributed by atoms with Crippen molar-refractivity contribution in [2.24, 2.45) is 0 Å². The molecule has 0 aromatic carbocycles. The molecular weight excluding hydrogens is 224 g/mol. The first-order valence-corrected chi connectivity index (χ1v) is 6.72. The van der Waals surface area contributed by atoms with E-state index in [4.69, 9.17) is 4.74 Å². The van der Waals surface area contributed by atoms with Crippen LogP contribution in [-0.4, -0.2) is 24.2 Å². The van der Waals surface area contributed by atoms with Gasteiger partial charge in [0.05, 0.1) is 6.61 Å². The Balaban J connectivity index is 2.31. The van der Waals surface area contributed by atoms with E-state index in [1.165, 1.54) is 5.56 Å².